The third kappa shape index (κ3) is 1.93. The van der Waals surface area contributed by atoms with Gasteiger partial charge in [-0.25, -0.2) is 0 Å². The molecule has 59 valence electrons. The van der Waals surface area contributed by atoms with Crippen molar-refractivity contribution < 1.29 is 37.4 Å². The average molecular weight is 252 g/mol. The van der Waals surface area contributed by atoms with Gasteiger partial charge in [-0.1, -0.05) is 6.92 Å². The number of thiocarbonyl (C=S) groups is 1. The molecule has 0 saturated carbocycles. The second-order valence-corrected chi connectivity index (χ2v) is 3.11. The molecule has 0 spiro atoms. The van der Waals surface area contributed by atoms with Gasteiger partial charge in [0.15, 0.2) is 5.05 Å². The first-order valence-electron chi connectivity index (χ1n) is 3.47. The van der Waals surface area contributed by atoms with Crippen molar-refractivity contribution >= 4 is 17.3 Å². The van der Waals surface area contributed by atoms with Crippen molar-refractivity contribution in [2.75, 3.05) is 0 Å². The van der Waals surface area contributed by atoms with E-state index in [9.17, 15) is 0 Å². The SMILES string of the molecule is Cc1[c-]cc2c(c1)CC(=S)O2.[Y]. The summed E-state index contributed by atoms with van der Waals surface area (Å²) < 4.78 is 5.26. The van der Waals surface area contributed by atoms with Gasteiger partial charge in [-0.15, -0.1) is 11.6 Å². The van der Waals surface area contributed by atoms with E-state index in [4.69, 9.17) is 17.0 Å². The van der Waals surface area contributed by atoms with Crippen LogP contribution in [0.4, 0.5) is 0 Å². The maximum absolute atomic E-state index is 5.26. The number of hydrogen-bond acceptors (Lipinski definition) is 2. The molecule has 0 aliphatic carbocycles. The molecule has 1 aromatic rings. The fraction of sp³-hybridized carbons (Fsp3) is 0.222. The van der Waals surface area contributed by atoms with E-state index in [1.807, 2.05) is 13.0 Å². The van der Waals surface area contributed by atoms with Crippen molar-refractivity contribution in [1.29, 1.82) is 0 Å². The maximum Gasteiger partial charge on any atom is 0.154 e. The first-order valence-corrected chi connectivity index (χ1v) is 3.88. The number of benzene rings is 1. The first kappa shape index (κ1) is 10.3. The summed E-state index contributed by atoms with van der Waals surface area (Å²) in [6, 6.07) is 6.98. The van der Waals surface area contributed by atoms with Gasteiger partial charge in [0.1, 0.15) is 0 Å². The molecule has 1 nitrogen and oxygen atoms in total. The summed E-state index contributed by atoms with van der Waals surface area (Å²) in [5.41, 5.74) is 2.32. The van der Waals surface area contributed by atoms with Crippen molar-refractivity contribution in [2.24, 2.45) is 0 Å². The zero-order chi connectivity index (χ0) is 7.84. The van der Waals surface area contributed by atoms with Crippen molar-refractivity contribution in [3.8, 4) is 5.75 Å². The van der Waals surface area contributed by atoms with Crippen LogP contribution in [-0.4, -0.2) is 5.05 Å². The van der Waals surface area contributed by atoms with Gasteiger partial charge in [-0.05, 0) is 12.2 Å². The summed E-state index contributed by atoms with van der Waals surface area (Å²) in [7, 11) is 0. The Balaban J connectivity index is 0.000000720. The Morgan fingerprint density at radius 2 is 2.33 bits per heavy atom. The average Bonchev–Trinajstić information content (AvgIpc) is 2.27. The van der Waals surface area contributed by atoms with Gasteiger partial charge in [0.05, 0.1) is 0 Å². The molecule has 3 heteroatoms. The number of hydrogen-bond donors (Lipinski definition) is 0. The maximum atomic E-state index is 5.26. The molecule has 12 heavy (non-hydrogen) atoms. The number of aryl methyl sites for hydroxylation is 1. The molecular weight excluding hydrogens is 245 g/mol. The molecule has 1 radical (unpaired) electrons. The molecule has 1 aromatic carbocycles. The van der Waals surface area contributed by atoms with Gasteiger partial charge < -0.3 is 4.74 Å². The zero-order valence-electron chi connectivity index (χ0n) is 6.76. The summed E-state index contributed by atoms with van der Waals surface area (Å²) in [5, 5.41) is 0.666. The summed E-state index contributed by atoms with van der Waals surface area (Å²) in [5.74, 6) is 0.876. The molecule has 0 fully saturated rings. The molecule has 1 aliphatic rings. The second kappa shape index (κ2) is 3.95. The van der Waals surface area contributed by atoms with Crippen LogP contribution in [-0.2, 0) is 39.1 Å². The van der Waals surface area contributed by atoms with Gasteiger partial charge in [0.25, 0.3) is 0 Å². The van der Waals surface area contributed by atoms with Crippen LogP contribution in [0, 0.1) is 13.0 Å². The topological polar surface area (TPSA) is 9.23 Å². The largest absolute Gasteiger partial charge is 0.511 e. The van der Waals surface area contributed by atoms with E-state index >= 15 is 0 Å². The zero-order valence-corrected chi connectivity index (χ0v) is 10.4. The normalized spacial score (nSPS) is 13.2. The van der Waals surface area contributed by atoms with Crippen LogP contribution >= 0.6 is 12.2 Å². The standard InChI is InChI=1S/C9H7OS.Y/c1-6-2-3-8-7(4-6)5-9(11)10-8;/h3-4H,5H2,1H3;/q-1;. The molecule has 1 aliphatic heterocycles. The van der Waals surface area contributed by atoms with Gasteiger partial charge in [-0.3, -0.25) is 0 Å². The van der Waals surface area contributed by atoms with Gasteiger partial charge >= 0.3 is 0 Å². The van der Waals surface area contributed by atoms with Crippen molar-refractivity contribution in [3.63, 3.8) is 0 Å². The van der Waals surface area contributed by atoms with Gasteiger partial charge in [-0.2, -0.15) is 17.7 Å². The van der Waals surface area contributed by atoms with Crippen LogP contribution in [0.25, 0.3) is 0 Å². The molecule has 0 amide bonds. The Hall–Kier alpha value is 0.214. The minimum atomic E-state index is 0. The summed E-state index contributed by atoms with van der Waals surface area (Å²) >= 11 is 4.93. The summed E-state index contributed by atoms with van der Waals surface area (Å²) in [6.07, 6.45) is 0.778. The Bertz CT molecular complexity index is 322. The minimum absolute atomic E-state index is 0. The molecule has 0 N–H and O–H groups in total. The van der Waals surface area contributed by atoms with E-state index in [0.29, 0.717) is 5.05 Å². The number of fused-ring (bicyclic) bond motifs is 1. The van der Waals surface area contributed by atoms with Gasteiger partial charge in [0.2, 0.25) is 0 Å². The molecule has 0 aromatic heterocycles. The van der Waals surface area contributed by atoms with Gasteiger partial charge in [0, 0.05) is 44.9 Å². The monoisotopic (exact) mass is 252 g/mol. The Labute approximate surface area is 102 Å². The van der Waals surface area contributed by atoms with E-state index in [0.717, 1.165) is 17.7 Å². The number of ether oxygens (including phenoxy) is 1. The summed E-state index contributed by atoms with van der Waals surface area (Å²) in [4.78, 5) is 0. The van der Waals surface area contributed by atoms with E-state index in [1.54, 1.807) is 0 Å². The Morgan fingerprint density at radius 1 is 1.58 bits per heavy atom. The van der Waals surface area contributed by atoms with Crippen LogP contribution in [0.1, 0.15) is 11.1 Å². The fourth-order valence-corrected chi connectivity index (χ4v) is 1.44. The summed E-state index contributed by atoms with van der Waals surface area (Å²) in [6.45, 7) is 2.02. The second-order valence-electron chi connectivity index (χ2n) is 2.66. The molecular formula is C9H7OSY-. The smallest absolute Gasteiger partial charge is 0.154 e. The number of rotatable bonds is 0. The third-order valence-electron chi connectivity index (χ3n) is 1.70. The van der Waals surface area contributed by atoms with Crippen LogP contribution < -0.4 is 4.74 Å². The first-order chi connectivity index (χ1) is 5.25. The predicted octanol–water partition coefficient (Wildman–Crippen LogP) is 2.06. The molecule has 0 unspecified atom stereocenters. The van der Waals surface area contributed by atoms with Crippen LogP contribution in [0.15, 0.2) is 12.1 Å². The molecule has 0 bridgehead atoms. The molecule has 0 saturated heterocycles. The van der Waals surface area contributed by atoms with E-state index in [1.165, 1.54) is 5.56 Å². The molecule has 1 heterocycles. The van der Waals surface area contributed by atoms with Crippen LogP contribution in [0.3, 0.4) is 0 Å². The van der Waals surface area contributed by atoms with Crippen molar-refractivity contribution in [1.82, 2.24) is 0 Å². The van der Waals surface area contributed by atoms with Crippen molar-refractivity contribution in [2.45, 2.75) is 13.3 Å². The van der Waals surface area contributed by atoms with Crippen molar-refractivity contribution in [3.05, 3.63) is 29.3 Å². The fourth-order valence-electron chi connectivity index (χ4n) is 1.19. The minimum Gasteiger partial charge on any atom is -0.511 e. The van der Waals surface area contributed by atoms with E-state index < -0.39 is 0 Å². The van der Waals surface area contributed by atoms with E-state index in [-0.39, 0.29) is 32.7 Å². The molecule has 2 rings (SSSR count). The molecule has 0 atom stereocenters. The van der Waals surface area contributed by atoms with E-state index in [2.05, 4.69) is 12.1 Å². The third-order valence-corrected chi connectivity index (χ3v) is 1.92. The quantitative estimate of drug-likeness (QED) is 0.516. The Morgan fingerprint density at radius 3 is 3.08 bits per heavy atom. The predicted molar refractivity (Wildman–Crippen MR) is 46.9 cm³/mol. The van der Waals surface area contributed by atoms with Crippen LogP contribution in [0.2, 0.25) is 0 Å². The van der Waals surface area contributed by atoms with Crippen LogP contribution in [0.5, 0.6) is 5.75 Å². The Kier molecular flexibility index (Phi) is 3.39.